The molecule has 2 aromatic carbocycles. The van der Waals surface area contributed by atoms with E-state index in [4.69, 9.17) is 4.89 Å². The topological polar surface area (TPSA) is 54.4 Å². The second-order valence-corrected chi connectivity index (χ2v) is 3.43. The van der Waals surface area contributed by atoms with Gasteiger partial charge < -0.3 is 4.89 Å². The molecule has 3 nitrogen and oxygen atoms in total. The average molecular weight is 184 g/mol. The predicted octanol–water partition coefficient (Wildman–Crippen LogP) is 1.16. The molecular formula is C8H9O3P. The molecule has 64 valence electrons. The Morgan fingerprint density at radius 1 is 1.25 bits per heavy atom. The molecule has 0 aromatic heterocycles. The van der Waals surface area contributed by atoms with Crippen molar-refractivity contribution in [2.75, 3.05) is 6.66 Å². The maximum absolute atomic E-state index is 10.5. The molecule has 0 fully saturated rings. The summed E-state index contributed by atoms with van der Waals surface area (Å²) in [6, 6.07) is 7.45. The molecule has 1 unspecified atom stereocenters. The van der Waals surface area contributed by atoms with Gasteiger partial charge in [0.2, 0.25) is 0 Å². The minimum Gasteiger partial charge on any atom is -0.346 e. The van der Waals surface area contributed by atoms with Crippen molar-refractivity contribution in [1.29, 1.82) is 0 Å². The SMILES string of the molecule is C[PH](=O)O.O=c1c2ccccc12. The van der Waals surface area contributed by atoms with Crippen LogP contribution in [0.1, 0.15) is 0 Å². The molecule has 0 heterocycles. The molecule has 1 atom stereocenters. The Kier molecular flexibility index (Phi) is 2.79. The Bertz CT molecular complexity index is 377. The molecular weight excluding hydrogens is 175 g/mol. The van der Waals surface area contributed by atoms with Crippen LogP contribution in [0.15, 0.2) is 29.1 Å². The first kappa shape index (κ1) is 9.17. The fourth-order valence-electron chi connectivity index (χ4n) is 0.833. The summed E-state index contributed by atoms with van der Waals surface area (Å²) in [6.07, 6.45) is 0. The van der Waals surface area contributed by atoms with E-state index in [9.17, 15) is 9.36 Å². The minimum atomic E-state index is -2.13. The smallest absolute Gasteiger partial charge is 0.194 e. The third-order valence-corrected chi connectivity index (χ3v) is 1.35. The third-order valence-electron chi connectivity index (χ3n) is 1.35. The molecule has 4 heteroatoms. The van der Waals surface area contributed by atoms with Gasteiger partial charge in [0.25, 0.3) is 0 Å². The Hall–Kier alpha value is -0.920. The van der Waals surface area contributed by atoms with Crippen molar-refractivity contribution in [3.8, 4) is 0 Å². The van der Waals surface area contributed by atoms with Crippen molar-refractivity contribution in [3.63, 3.8) is 0 Å². The number of benzene rings is 1. The zero-order valence-electron chi connectivity index (χ0n) is 6.57. The molecule has 0 saturated carbocycles. The fourth-order valence-corrected chi connectivity index (χ4v) is 0.833. The standard InChI is InChI=1S/C7H4O.CH5O2P/c8-7-5-3-1-2-4-6(5)7;1-4(2)3/h1-4H;4H,1H3,(H,2,3). The third kappa shape index (κ3) is 2.29. The summed E-state index contributed by atoms with van der Waals surface area (Å²) in [6.45, 7) is 1.27. The lowest BCUT2D eigenvalue weighted by molar-refractivity contribution is 0.509. The molecule has 12 heavy (non-hydrogen) atoms. The number of hydrogen-bond acceptors (Lipinski definition) is 2. The van der Waals surface area contributed by atoms with E-state index >= 15 is 0 Å². The molecule has 0 aliphatic rings. The fraction of sp³-hybridized carbons (Fsp3) is 0.125. The van der Waals surface area contributed by atoms with Crippen LogP contribution in [0, 0.1) is 0 Å². The first-order valence-electron chi connectivity index (χ1n) is 3.46. The normalized spacial score (nSPS) is 12.5. The maximum Gasteiger partial charge on any atom is 0.194 e. The van der Waals surface area contributed by atoms with E-state index in [1.807, 2.05) is 24.3 Å². The molecule has 2 aromatic rings. The van der Waals surface area contributed by atoms with Gasteiger partial charge in [-0.3, -0.25) is 9.36 Å². The van der Waals surface area contributed by atoms with Crippen molar-refractivity contribution in [2.45, 2.75) is 0 Å². The average Bonchev–Trinajstić information content (AvgIpc) is 2.63. The van der Waals surface area contributed by atoms with Gasteiger partial charge in [-0.15, -0.1) is 0 Å². The van der Waals surface area contributed by atoms with Crippen LogP contribution in [0.25, 0.3) is 10.8 Å². The van der Waals surface area contributed by atoms with Crippen LogP contribution in [0.4, 0.5) is 0 Å². The van der Waals surface area contributed by atoms with Gasteiger partial charge in [0, 0.05) is 17.4 Å². The van der Waals surface area contributed by atoms with Gasteiger partial charge >= 0.3 is 0 Å². The summed E-state index contributed by atoms with van der Waals surface area (Å²) in [4.78, 5) is 18.1. The summed E-state index contributed by atoms with van der Waals surface area (Å²) >= 11 is 0. The number of fused-ring (bicyclic) bond motifs is 1. The van der Waals surface area contributed by atoms with Crippen molar-refractivity contribution in [2.24, 2.45) is 0 Å². The second-order valence-electron chi connectivity index (χ2n) is 2.39. The van der Waals surface area contributed by atoms with Gasteiger partial charge in [-0.2, -0.15) is 0 Å². The molecule has 0 bridgehead atoms. The van der Waals surface area contributed by atoms with Gasteiger partial charge in [-0.25, -0.2) is 0 Å². The highest BCUT2D eigenvalue weighted by atomic mass is 31.1. The van der Waals surface area contributed by atoms with Crippen LogP contribution >= 0.6 is 8.03 Å². The highest BCUT2D eigenvalue weighted by Crippen LogP contribution is 2.11. The van der Waals surface area contributed by atoms with Gasteiger partial charge in [0.15, 0.2) is 13.5 Å². The van der Waals surface area contributed by atoms with Crippen molar-refractivity contribution in [1.82, 2.24) is 0 Å². The van der Waals surface area contributed by atoms with Crippen LogP contribution < -0.4 is 5.43 Å². The van der Waals surface area contributed by atoms with E-state index in [0.717, 1.165) is 10.8 Å². The lowest BCUT2D eigenvalue weighted by Crippen LogP contribution is -1.66. The highest BCUT2D eigenvalue weighted by molar-refractivity contribution is 7.36. The van der Waals surface area contributed by atoms with Crippen LogP contribution in [0.3, 0.4) is 0 Å². The van der Waals surface area contributed by atoms with E-state index in [1.165, 1.54) is 6.66 Å². The van der Waals surface area contributed by atoms with E-state index in [1.54, 1.807) is 0 Å². The van der Waals surface area contributed by atoms with E-state index in [0.29, 0.717) is 0 Å². The molecule has 1 N–H and O–H groups in total. The summed E-state index contributed by atoms with van der Waals surface area (Å²) in [5.41, 5.74) is 0.218. The highest BCUT2D eigenvalue weighted by Gasteiger charge is 2.07. The van der Waals surface area contributed by atoms with Crippen molar-refractivity contribution in [3.05, 3.63) is 34.5 Å². The van der Waals surface area contributed by atoms with Crippen LogP contribution in [0.5, 0.6) is 0 Å². The lowest BCUT2D eigenvalue weighted by atomic mass is 10.4. The number of rotatable bonds is 0. The van der Waals surface area contributed by atoms with Gasteiger partial charge in [0.1, 0.15) is 0 Å². The summed E-state index contributed by atoms with van der Waals surface area (Å²) in [5.74, 6) is 0. The predicted molar refractivity (Wildman–Crippen MR) is 49.7 cm³/mol. The largest absolute Gasteiger partial charge is 0.346 e. The molecule has 0 radical (unpaired) electrons. The van der Waals surface area contributed by atoms with Gasteiger partial charge in [0.05, 0.1) is 0 Å². The van der Waals surface area contributed by atoms with E-state index in [2.05, 4.69) is 0 Å². The Morgan fingerprint density at radius 3 is 1.83 bits per heavy atom. The van der Waals surface area contributed by atoms with Crippen LogP contribution in [-0.4, -0.2) is 11.6 Å². The van der Waals surface area contributed by atoms with Gasteiger partial charge in [-0.1, -0.05) is 24.3 Å². The summed E-state index contributed by atoms with van der Waals surface area (Å²) in [7, 11) is -2.13. The molecule has 0 aliphatic heterocycles. The first-order valence-corrected chi connectivity index (χ1v) is 5.31. The Morgan fingerprint density at radius 2 is 1.58 bits per heavy atom. The van der Waals surface area contributed by atoms with Crippen molar-refractivity contribution >= 4 is 18.8 Å². The molecule has 2 rings (SSSR count). The van der Waals surface area contributed by atoms with E-state index < -0.39 is 8.03 Å². The zero-order valence-corrected chi connectivity index (χ0v) is 7.57. The summed E-state index contributed by atoms with van der Waals surface area (Å²) < 4.78 is 9.19. The summed E-state index contributed by atoms with van der Waals surface area (Å²) in [5, 5.41) is 1.79. The van der Waals surface area contributed by atoms with E-state index in [-0.39, 0.29) is 5.43 Å². The van der Waals surface area contributed by atoms with Crippen LogP contribution in [0.2, 0.25) is 0 Å². The molecule has 0 spiro atoms. The second kappa shape index (κ2) is 3.65. The zero-order chi connectivity index (χ0) is 9.14. The molecule has 0 amide bonds. The Balaban J connectivity index is 0.000000157. The quantitative estimate of drug-likeness (QED) is 0.625. The number of hydrogen-bond donors (Lipinski definition) is 1. The molecule has 0 saturated heterocycles. The molecule has 0 aliphatic carbocycles. The van der Waals surface area contributed by atoms with Crippen LogP contribution in [-0.2, 0) is 4.57 Å². The van der Waals surface area contributed by atoms with Crippen molar-refractivity contribution < 1.29 is 9.46 Å². The Labute approximate surface area is 70.2 Å². The minimum absolute atomic E-state index is 0.218. The maximum atomic E-state index is 10.5. The first-order chi connectivity index (χ1) is 5.63. The van der Waals surface area contributed by atoms with Gasteiger partial charge in [-0.05, 0) is 0 Å². The lowest BCUT2D eigenvalue weighted by Gasteiger charge is -1.66. The monoisotopic (exact) mass is 184 g/mol.